The average molecular weight is 546 g/mol. The predicted octanol–water partition coefficient (Wildman–Crippen LogP) is 3.05. The second-order valence-corrected chi connectivity index (χ2v) is 10.4. The molecular weight excluding hydrogens is 506 g/mol. The van der Waals surface area contributed by atoms with E-state index >= 15 is 0 Å². The van der Waals surface area contributed by atoms with Crippen LogP contribution in [0.2, 0.25) is 0 Å². The molecule has 1 fully saturated rings. The third-order valence-electron chi connectivity index (χ3n) is 7.63. The summed E-state index contributed by atoms with van der Waals surface area (Å²) in [4.78, 5) is 37.5. The Labute approximate surface area is 235 Å². The number of pyridine rings is 1. The van der Waals surface area contributed by atoms with Crippen LogP contribution in [0.1, 0.15) is 51.9 Å². The Hall–Kier alpha value is -3.37. The number of nitrogens with one attached hydrogen (secondary N) is 1. The first-order valence-corrected chi connectivity index (χ1v) is 14.3. The third kappa shape index (κ3) is 6.18. The summed E-state index contributed by atoms with van der Waals surface area (Å²) in [6, 6.07) is 15.9. The fraction of sp³-hybridized carbons (Fsp3) is 0.452. The van der Waals surface area contributed by atoms with E-state index in [1.54, 1.807) is 0 Å². The van der Waals surface area contributed by atoms with Gasteiger partial charge in [0, 0.05) is 79.9 Å². The maximum Gasteiger partial charge on any atom is 0.261 e. The molecule has 212 valence electrons. The number of rotatable bonds is 13. The minimum absolute atomic E-state index is 0.0434. The van der Waals surface area contributed by atoms with Crippen LogP contribution in [-0.2, 0) is 17.8 Å². The largest absolute Gasteiger partial charge is 0.394 e. The molecular formula is C31H39N5O4. The molecule has 0 aliphatic carbocycles. The van der Waals surface area contributed by atoms with E-state index in [1.807, 2.05) is 30.3 Å². The number of hydrogen-bond donors (Lipinski definition) is 2. The predicted molar refractivity (Wildman–Crippen MR) is 156 cm³/mol. The number of anilines is 1. The molecule has 0 atom stereocenters. The van der Waals surface area contributed by atoms with Gasteiger partial charge in [-0.25, -0.2) is 0 Å². The normalized spacial score (nSPS) is 15.8. The number of benzene rings is 2. The van der Waals surface area contributed by atoms with Crippen molar-refractivity contribution >= 4 is 28.3 Å². The van der Waals surface area contributed by atoms with Crippen molar-refractivity contribution in [1.82, 2.24) is 20.1 Å². The summed E-state index contributed by atoms with van der Waals surface area (Å²) in [5.74, 6) is -0.364. The number of aliphatic hydroxyl groups excluding tert-OH is 1. The first kappa shape index (κ1) is 28.2. The highest BCUT2D eigenvalue weighted by Crippen LogP contribution is 2.36. The minimum atomic E-state index is -0.182. The number of carbonyl (C=O) groups excluding carboxylic acids is 2. The molecule has 0 spiro atoms. The van der Waals surface area contributed by atoms with Crippen LogP contribution in [0.3, 0.4) is 0 Å². The highest BCUT2D eigenvalue weighted by atomic mass is 16.5. The molecule has 1 saturated heterocycles. The lowest BCUT2D eigenvalue weighted by molar-refractivity contribution is 0.0608. The van der Waals surface area contributed by atoms with Crippen molar-refractivity contribution in [3.8, 4) is 0 Å². The molecule has 0 unspecified atom stereocenters. The van der Waals surface area contributed by atoms with E-state index < -0.39 is 0 Å². The fourth-order valence-electron chi connectivity index (χ4n) is 5.55. The highest BCUT2D eigenvalue weighted by molar-refractivity contribution is 6.26. The Morgan fingerprint density at radius 3 is 2.45 bits per heavy atom. The van der Waals surface area contributed by atoms with Gasteiger partial charge in [-0.15, -0.1) is 0 Å². The molecule has 2 amide bonds. The van der Waals surface area contributed by atoms with Gasteiger partial charge in [-0.1, -0.05) is 31.5 Å². The van der Waals surface area contributed by atoms with E-state index in [1.165, 1.54) is 4.90 Å². The summed E-state index contributed by atoms with van der Waals surface area (Å²) in [5, 5.41) is 13.9. The van der Waals surface area contributed by atoms with E-state index in [-0.39, 0.29) is 18.4 Å². The monoisotopic (exact) mass is 545 g/mol. The van der Waals surface area contributed by atoms with Gasteiger partial charge >= 0.3 is 0 Å². The van der Waals surface area contributed by atoms with E-state index in [2.05, 4.69) is 40.2 Å². The van der Waals surface area contributed by atoms with E-state index in [0.717, 1.165) is 73.4 Å². The van der Waals surface area contributed by atoms with Crippen LogP contribution in [-0.4, -0.2) is 90.8 Å². The van der Waals surface area contributed by atoms with Crippen molar-refractivity contribution in [2.45, 2.75) is 32.9 Å². The zero-order valence-electron chi connectivity index (χ0n) is 23.3. The molecule has 0 radical (unpaired) electrons. The molecule has 2 aliphatic rings. The lowest BCUT2D eigenvalue weighted by Gasteiger charge is -2.37. The molecule has 2 N–H and O–H groups in total. The van der Waals surface area contributed by atoms with Crippen molar-refractivity contribution in [3.05, 3.63) is 71.0 Å². The van der Waals surface area contributed by atoms with Gasteiger partial charge in [0.2, 0.25) is 0 Å². The molecule has 2 aromatic carbocycles. The van der Waals surface area contributed by atoms with Gasteiger partial charge in [0.1, 0.15) is 0 Å². The smallest absolute Gasteiger partial charge is 0.261 e. The zero-order valence-corrected chi connectivity index (χ0v) is 23.3. The van der Waals surface area contributed by atoms with Crippen LogP contribution in [0.15, 0.2) is 48.5 Å². The van der Waals surface area contributed by atoms with Gasteiger partial charge in [0.15, 0.2) is 0 Å². The zero-order chi connectivity index (χ0) is 27.9. The quantitative estimate of drug-likeness (QED) is 0.250. The van der Waals surface area contributed by atoms with Gasteiger partial charge in [-0.2, -0.15) is 0 Å². The molecule has 3 heterocycles. The van der Waals surface area contributed by atoms with Crippen molar-refractivity contribution in [2.75, 3.05) is 64.0 Å². The lowest BCUT2D eigenvalue weighted by Crippen LogP contribution is -2.46. The first-order chi connectivity index (χ1) is 19.6. The third-order valence-corrected chi connectivity index (χ3v) is 7.63. The topological polar surface area (TPSA) is 98.2 Å². The fourth-order valence-corrected chi connectivity index (χ4v) is 5.55. The first-order valence-electron chi connectivity index (χ1n) is 14.3. The van der Waals surface area contributed by atoms with Gasteiger partial charge < -0.3 is 20.1 Å². The van der Waals surface area contributed by atoms with Crippen molar-refractivity contribution < 1.29 is 19.4 Å². The summed E-state index contributed by atoms with van der Waals surface area (Å²) in [6.07, 6.45) is 1.74. The van der Waals surface area contributed by atoms with Crippen molar-refractivity contribution in [3.63, 3.8) is 0 Å². The number of aromatic nitrogens is 1. The molecule has 9 heteroatoms. The maximum atomic E-state index is 13.2. The second-order valence-electron chi connectivity index (χ2n) is 10.4. The second kappa shape index (κ2) is 13.3. The lowest BCUT2D eigenvalue weighted by atomic mass is 9.92. The number of piperazine rings is 1. The van der Waals surface area contributed by atoms with E-state index in [9.17, 15) is 9.59 Å². The van der Waals surface area contributed by atoms with Gasteiger partial charge in [-0.3, -0.25) is 24.4 Å². The number of hydrogen-bond acceptors (Lipinski definition) is 8. The van der Waals surface area contributed by atoms with Crippen LogP contribution in [0, 0.1) is 0 Å². The standard InChI is InChI=1S/C31H39N5O4/c1-2-3-13-36-30(38)26-9-5-8-25-28(11-10-27(29(25)26)31(36)39)35-16-14-34(15-17-35)22-24-7-4-6-23(33-24)21-32-12-19-40-20-18-37/h4-11,32,37H,2-3,12-22H2,1H3. The van der Waals surface area contributed by atoms with Crippen molar-refractivity contribution in [1.29, 1.82) is 0 Å². The van der Waals surface area contributed by atoms with Crippen LogP contribution in [0.25, 0.3) is 10.8 Å². The number of aliphatic hydroxyl groups is 1. The molecule has 3 aromatic rings. The molecule has 1 aromatic heterocycles. The Morgan fingerprint density at radius 2 is 1.68 bits per heavy atom. The van der Waals surface area contributed by atoms with Gasteiger partial charge in [-0.05, 0) is 36.8 Å². The molecule has 5 rings (SSSR count). The number of carbonyl (C=O) groups is 2. The number of unbranched alkanes of at least 4 members (excludes halogenated alkanes) is 1. The van der Waals surface area contributed by atoms with Crippen LogP contribution < -0.4 is 10.2 Å². The van der Waals surface area contributed by atoms with Crippen LogP contribution in [0.4, 0.5) is 5.69 Å². The Kier molecular flexibility index (Phi) is 9.38. The number of imide groups is 1. The van der Waals surface area contributed by atoms with Gasteiger partial charge in [0.25, 0.3) is 11.8 Å². The SMILES string of the molecule is CCCCN1C(=O)c2cccc3c(N4CCN(Cc5cccc(CNCCOCCO)n5)CC4)ccc(c23)C1=O. The maximum absolute atomic E-state index is 13.2. The highest BCUT2D eigenvalue weighted by Gasteiger charge is 2.33. The summed E-state index contributed by atoms with van der Waals surface area (Å²) in [5.41, 5.74) is 4.38. The Bertz CT molecular complexity index is 1320. The molecule has 2 aliphatic heterocycles. The van der Waals surface area contributed by atoms with E-state index in [4.69, 9.17) is 14.8 Å². The molecule has 0 bridgehead atoms. The molecule has 9 nitrogen and oxygen atoms in total. The van der Waals surface area contributed by atoms with Crippen molar-refractivity contribution in [2.24, 2.45) is 0 Å². The van der Waals surface area contributed by atoms with Crippen LogP contribution in [0.5, 0.6) is 0 Å². The Morgan fingerprint density at radius 1 is 0.925 bits per heavy atom. The minimum Gasteiger partial charge on any atom is -0.394 e. The number of ether oxygens (including phenoxy) is 1. The van der Waals surface area contributed by atoms with Gasteiger partial charge in [0.05, 0.1) is 31.2 Å². The molecule has 0 saturated carbocycles. The van der Waals surface area contributed by atoms with Crippen LogP contribution >= 0.6 is 0 Å². The van der Waals surface area contributed by atoms with E-state index in [0.29, 0.717) is 44.0 Å². The number of amides is 2. The average Bonchev–Trinajstić information content (AvgIpc) is 2.98. The summed E-state index contributed by atoms with van der Waals surface area (Å²) >= 11 is 0. The number of nitrogens with zero attached hydrogens (tertiary/aromatic N) is 4. The summed E-state index contributed by atoms with van der Waals surface area (Å²) in [7, 11) is 0. The summed E-state index contributed by atoms with van der Waals surface area (Å²) in [6.45, 7) is 9.20. The summed E-state index contributed by atoms with van der Waals surface area (Å²) < 4.78 is 5.28. The molecule has 40 heavy (non-hydrogen) atoms. The Balaban J connectivity index is 1.22.